The molecule has 1 aliphatic heterocycles. The summed E-state index contributed by atoms with van der Waals surface area (Å²) in [6, 6.07) is 11.1. The van der Waals surface area contributed by atoms with Gasteiger partial charge >= 0.3 is 0 Å². The van der Waals surface area contributed by atoms with Crippen LogP contribution in [-0.4, -0.2) is 47.2 Å². The summed E-state index contributed by atoms with van der Waals surface area (Å²) < 4.78 is 5.75. The summed E-state index contributed by atoms with van der Waals surface area (Å²) in [6.45, 7) is 11.4. The number of hydrogen-bond acceptors (Lipinski definition) is 4. The molecule has 1 atom stereocenters. The molecule has 1 saturated heterocycles. The van der Waals surface area contributed by atoms with Gasteiger partial charge < -0.3 is 9.52 Å². The Morgan fingerprint density at radius 2 is 1.92 bits per heavy atom. The van der Waals surface area contributed by atoms with Gasteiger partial charge in [0.2, 0.25) is 0 Å². The maximum absolute atomic E-state index is 9.49. The highest BCUT2D eigenvalue weighted by Crippen LogP contribution is 2.21. The Kier molecular flexibility index (Phi) is 5.94. The van der Waals surface area contributed by atoms with Crippen molar-refractivity contribution in [2.75, 3.05) is 26.2 Å². The third-order valence-corrected chi connectivity index (χ3v) is 5.20. The first kappa shape index (κ1) is 18.2. The minimum absolute atomic E-state index is 0.232. The van der Waals surface area contributed by atoms with Crippen LogP contribution in [0.2, 0.25) is 0 Å². The van der Waals surface area contributed by atoms with E-state index in [-0.39, 0.29) is 6.61 Å². The number of rotatable bonds is 6. The van der Waals surface area contributed by atoms with E-state index in [9.17, 15) is 5.11 Å². The minimum atomic E-state index is 0.232. The molecule has 1 aromatic carbocycles. The molecule has 3 rings (SSSR count). The van der Waals surface area contributed by atoms with E-state index in [0.29, 0.717) is 6.04 Å². The van der Waals surface area contributed by atoms with Crippen molar-refractivity contribution in [2.45, 2.75) is 46.3 Å². The Bertz CT molecular complexity index is 695. The van der Waals surface area contributed by atoms with Crippen molar-refractivity contribution in [2.24, 2.45) is 0 Å². The van der Waals surface area contributed by atoms with Crippen molar-refractivity contribution >= 4 is 0 Å². The highest BCUT2D eigenvalue weighted by molar-refractivity contribution is 5.30. The van der Waals surface area contributed by atoms with Gasteiger partial charge in [-0.05, 0) is 50.5 Å². The van der Waals surface area contributed by atoms with Crippen LogP contribution in [0.1, 0.15) is 34.6 Å². The van der Waals surface area contributed by atoms with E-state index in [2.05, 4.69) is 47.9 Å². The summed E-state index contributed by atoms with van der Waals surface area (Å²) in [7, 11) is 0. The van der Waals surface area contributed by atoms with Crippen molar-refractivity contribution in [3.63, 3.8) is 0 Å². The van der Waals surface area contributed by atoms with Crippen molar-refractivity contribution in [3.05, 3.63) is 58.5 Å². The number of hydrogen-bond donors (Lipinski definition) is 1. The zero-order valence-electron chi connectivity index (χ0n) is 15.7. The van der Waals surface area contributed by atoms with Gasteiger partial charge in [0.15, 0.2) is 0 Å². The van der Waals surface area contributed by atoms with Crippen LogP contribution in [0.5, 0.6) is 0 Å². The van der Waals surface area contributed by atoms with E-state index in [1.54, 1.807) is 0 Å². The molecule has 136 valence electrons. The Hall–Kier alpha value is -1.62. The fraction of sp³-hybridized carbons (Fsp3) is 0.524. The predicted molar refractivity (Wildman–Crippen MR) is 101 cm³/mol. The van der Waals surface area contributed by atoms with Crippen LogP contribution in [0.25, 0.3) is 0 Å². The van der Waals surface area contributed by atoms with Gasteiger partial charge in [-0.15, -0.1) is 0 Å². The molecular weight excluding hydrogens is 312 g/mol. The molecule has 2 aromatic rings. The van der Waals surface area contributed by atoms with Crippen LogP contribution >= 0.6 is 0 Å². The second-order valence-electron chi connectivity index (χ2n) is 7.31. The molecule has 0 spiro atoms. The average molecular weight is 342 g/mol. The summed E-state index contributed by atoms with van der Waals surface area (Å²) in [6.07, 6.45) is 0.809. The maximum Gasteiger partial charge on any atom is 0.118 e. The van der Waals surface area contributed by atoms with E-state index in [1.807, 2.05) is 13.0 Å². The fourth-order valence-electron chi connectivity index (χ4n) is 3.71. The number of aliphatic hydroxyl groups is 1. The molecule has 1 unspecified atom stereocenters. The quantitative estimate of drug-likeness (QED) is 0.875. The maximum atomic E-state index is 9.49. The van der Waals surface area contributed by atoms with Crippen LogP contribution in [0.4, 0.5) is 0 Å². The van der Waals surface area contributed by atoms with E-state index in [4.69, 9.17) is 4.42 Å². The molecule has 0 radical (unpaired) electrons. The molecule has 0 saturated carbocycles. The summed E-state index contributed by atoms with van der Waals surface area (Å²) in [4.78, 5) is 4.97. The largest absolute Gasteiger partial charge is 0.465 e. The van der Waals surface area contributed by atoms with Gasteiger partial charge in [-0.3, -0.25) is 9.80 Å². The fourth-order valence-corrected chi connectivity index (χ4v) is 3.71. The SMILES string of the molecule is Cc1ccc(C)c(CN2CCN(Cc3ccc(C)o3)C(CCO)C2)c1. The molecule has 0 bridgehead atoms. The smallest absolute Gasteiger partial charge is 0.118 e. The summed E-state index contributed by atoms with van der Waals surface area (Å²) in [5, 5.41) is 9.49. The second-order valence-corrected chi connectivity index (χ2v) is 7.31. The molecule has 2 heterocycles. The minimum Gasteiger partial charge on any atom is -0.465 e. The topological polar surface area (TPSA) is 39.9 Å². The van der Waals surface area contributed by atoms with Gasteiger partial charge in [0, 0.05) is 38.8 Å². The van der Waals surface area contributed by atoms with Crippen molar-refractivity contribution in [1.82, 2.24) is 9.80 Å². The second kappa shape index (κ2) is 8.17. The monoisotopic (exact) mass is 342 g/mol. The van der Waals surface area contributed by atoms with E-state index in [0.717, 1.165) is 50.7 Å². The zero-order valence-corrected chi connectivity index (χ0v) is 15.7. The Morgan fingerprint density at radius 3 is 2.64 bits per heavy atom. The van der Waals surface area contributed by atoms with Crippen LogP contribution in [0, 0.1) is 20.8 Å². The van der Waals surface area contributed by atoms with Crippen molar-refractivity contribution < 1.29 is 9.52 Å². The number of nitrogens with zero attached hydrogens (tertiary/aromatic N) is 2. The standard InChI is InChI=1S/C21H30N2O2/c1-16-4-5-17(2)19(12-16)13-22-9-10-23(20(14-22)8-11-24)15-21-7-6-18(3)25-21/h4-7,12,20,24H,8-11,13-15H2,1-3H3. The normalized spacial score (nSPS) is 19.4. The van der Waals surface area contributed by atoms with Gasteiger partial charge in [0.25, 0.3) is 0 Å². The lowest BCUT2D eigenvalue weighted by atomic mass is 10.0. The first-order chi connectivity index (χ1) is 12.0. The third-order valence-electron chi connectivity index (χ3n) is 5.20. The predicted octanol–water partition coefficient (Wildman–Crippen LogP) is 3.27. The van der Waals surface area contributed by atoms with Gasteiger partial charge in [-0.25, -0.2) is 0 Å². The lowest BCUT2D eigenvalue weighted by molar-refractivity contribution is 0.0453. The van der Waals surface area contributed by atoms with Crippen LogP contribution in [0.3, 0.4) is 0 Å². The highest BCUT2D eigenvalue weighted by Gasteiger charge is 2.27. The molecule has 1 aromatic heterocycles. The van der Waals surface area contributed by atoms with Crippen LogP contribution in [0.15, 0.2) is 34.7 Å². The molecule has 1 N–H and O–H groups in total. The van der Waals surface area contributed by atoms with Gasteiger partial charge in [-0.1, -0.05) is 23.8 Å². The Morgan fingerprint density at radius 1 is 1.08 bits per heavy atom. The first-order valence-electron chi connectivity index (χ1n) is 9.24. The number of aryl methyl sites for hydroxylation is 3. The molecule has 4 heteroatoms. The molecular formula is C21H30N2O2. The summed E-state index contributed by atoms with van der Waals surface area (Å²) in [5.41, 5.74) is 4.09. The third kappa shape index (κ3) is 4.72. The molecule has 4 nitrogen and oxygen atoms in total. The van der Waals surface area contributed by atoms with Crippen LogP contribution in [-0.2, 0) is 13.1 Å². The number of benzene rings is 1. The Labute approximate surface area is 151 Å². The molecule has 0 aliphatic carbocycles. The molecule has 0 amide bonds. The number of furan rings is 1. The summed E-state index contributed by atoms with van der Waals surface area (Å²) >= 11 is 0. The van der Waals surface area contributed by atoms with E-state index >= 15 is 0 Å². The lowest BCUT2D eigenvalue weighted by Gasteiger charge is -2.41. The van der Waals surface area contributed by atoms with Crippen molar-refractivity contribution in [1.29, 1.82) is 0 Å². The van der Waals surface area contributed by atoms with Gasteiger partial charge in [0.1, 0.15) is 11.5 Å². The average Bonchev–Trinajstić information content (AvgIpc) is 2.99. The van der Waals surface area contributed by atoms with Crippen LogP contribution < -0.4 is 0 Å². The molecule has 25 heavy (non-hydrogen) atoms. The first-order valence-corrected chi connectivity index (χ1v) is 9.24. The highest BCUT2D eigenvalue weighted by atomic mass is 16.3. The number of aliphatic hydroxyl groups excluding tert-OH is 1. The zero-order chi connectivity index (χ0) is 17.8. The summed E-state index contributed by atoms with van der Waals surface area (Å²) in [5.74, 6) is 1.98. The number of piperazine rings is 1. The molecule has 1 fully saturated rings. The lowest BCUT2D eigenvalue weighted by Crippen LogP contribution is -2.52. The van der Waals surface area contributed by atoms with E-state index in [1.165, 1.54) is 16.7 Å². The van der Waals surface area contributed by atoms with Crippen molar-refractivity contribution in [3.8, 4) is 0 Å². The molecule has 1 aliphatic rings. The Balaban J connectivity index is 1.65. The van der Waals surface area contributed by atoms with E-state index < -0.39 is 0 Å². The van der Waals surface area contributed by atoms with Gasteiger partial charge in [-0.2, -0.15) is 0 Å². The van der Waals surface area contributed by atoms with Gasteiger partial charge in [0.05, 0.1) is 6.54 Å².